The zero-order chi connectivity index (χ0) is 20.7. The van der Waals surface area contributed by atoms with Crippen molar-refractivity contribution in [3.63, 3.8) is 0 Å². The second-order valence-corrected chi connectivity index (χ2v) is 7.87. The third-order valence-electron chi connectivity index (χ3n) is 5.35. The number of rotatable bonds is 15. The van der Waals surface area contributed by atoms with Gasteiger partial charge in [0.15, 0.2) is 0 Å². The molecular formula is C26H36O3. The maximum absolute atomic E-state index is 10.9. The minimum atomic E-state index is -0.922. The average Bonchev–Trinajstić information content (AvgIpc) is 2.74. The van der Waals surface area contributed by atoms with Crippen LogP contribution in [0, 0.1) is 0 Å². The standard InChI is InChI=1S/C26H36O3/c1-2-3-4-5-6-7-8-9-10-11-12-22-13-15-23(16-14-22)21-29-25-19-17-24(18-20-25)26(27)28/h13-20H,2-12,21H2,1H3,(H,27,28). The molecule has 158 valence electrons. The molecule has 0 aromatic heterocycles. The molecule has 29 heavy (non-hydrogen) atoms. The highest BCUT2D eigenvalue weighted by atomic mass is 16.5. The van der Waals surface area contributed by atoms with Crippen LogP contribution in [0.5, 0.6) is 5.75 Å². The topological polar surface area (TPSA) is 46.5 Å². The van der Waals surface area contributed by atoms with Crippen LogP contribution < -0.4 is 4.74 Å². The van der Waals surface area contributed by atoms with Gasteiger partial charge >= 0.3 is 5.97 Å². The molecular weight excluding hydrogens is 360 g/mol. The third kappa shape index (κ3) is 9.65. The van der Waals surface area contributed by atoms with Crippen molar-refractivity contribution in [1.29, 1.82) is 0 Å². The van der Waals surface area contributed by atoms with Crippen molar-refractivity contribution in [2.75, 3.05) is 0 Å². The monoisotopic (exact) mass is 396 g/mol. The van der Waals surface area contributed by atoms with Gasteiger partial charge in [0.1, 0.15) is 12.4 Å². The van der Waals surface area contributed by atoms with Crippen molar-refractivity contribution in [1.82, 2.24) is 0 Å². The minimum absolute atomic E-state index is 0.272. The van der Waals surface area contributed by atoms with Gasteiger partial charge in [-0.3, -0.25) is 0 Å². The van der Waals surface area contributed by atoms with Gasteiger partial charge in [-0.05, 0) is 48.2 Å². The van der Waals surface area contributed by atoms with E-state index in [9.17, 15) is 4.79 Å². The number of hydrogen-bond acceptors (Lipinski definition) is 2. The van der Waals surface area contributed by atoms with Crippen molar-refractivity contribution in [2.45, 2.75) is 84.2 Å². The summed E-state index contributed by atoms with van der Waals surface area (Å²) in [4.78, 5) is 10.9. The van der Waals surface area contributed by atoms with Crippen LogP contribution >= 0.6 is 0 Å². The van der Waals surface area contributed by atoms with Gasteiger partial charge in [0.2, 0.25) is 0 Å². The summed E-state index contributed by atoms with van der Waals surface area (Å²) in [6, 6.07) is 15.2. The molecule has 2 aromatic carbocycles. The van der Waals surface area contributed by atoms with Gasteiger partial charge in [-0.15, -0.1) is 0 Å². The van der Waals surface area contributed by atoms with Gasteiger partial charge in [0.25, 0.3) is 0 Å². The molecule has 0 fully saturated rings. The van der Waals surface area contributed by atoms with Crippen molar-refractivity contribution in [2.24, 2.45) is 0 Å². The molecule has 3 heteroatoms. The van der Waals surface area contributed by atoms with Crippen LogP contribution in [0.3, 0.4) is 0 Å². The first-order valence-corrected chi connectivity index (χ1v) is 11.2. The lowest BCUT2D eigenvalue weighted by Gasteiger charge is -2.08. The Morgan fingerprint density at radius 2 is 1.24 bits per heavy atom. The summed E-state index contributed by atoms with van der Waals surface area (Å²) in [5.74, 6) is -0.237. The van der Waals surface area contributed by atoms with Gasteiger partial charge < -0.3 is 9.84 Å². The first kappa shape index (κ1) is 23.0. The molecule has 0 unspecified atom stereocenters. The number of aryl methyl sites for hydroxylation is 1. The molecule has 2 rings (SSSR count). The summed E-state index contributed by atoms with van der Waals surface area (Å²) < 4.78 is 5.74. The van der Waals surface area contributed by atoms with Crippen molar-refractivity contribution >= 4 is 5.97 Å². The first-order valence-electron chi connectivity index (χ1n) is 11.2. The molecule has 0 saturated carbocycles. The largest absolute Gasteiger partial charge is 0.489 e. The van der Waals surface area contributed by atoms with Crippen LogP contribution in [0.15, 0.2) is 48.5 Å². The van der Waals surface area contributed by atoms with E-state index < -0.39 is 5.97 Å². The smallest absolute Gasteiger partial charge is 0.335 e. The van der Waals surface area contributed by atoms with Gasteiger partial charge in [-0.25, -0.2) is 4.79 Å². The van der Waals surface area contributed by atoms with Crippen molar-refractivity contribution < 1.29 is 14.6 Å². The quantitative estimate of drug-likeness (QED) is 0.318. The lowest BCUT2D eigenvalue weighted by atomic mass is 10.0. The fraction of sp³-hybridized carbons (Fsp3) is 0.500. The van der Waals surface area contributed by atoms with E-state index in [1.54, 1.807) is 24.3 Å². The number of aromatic carboxylic acids is 1. The molecule has 0 spiro atoms. The second-order valence-electron chi connectivity index (χ2n) is 7.87. The molecule has 0 aliphatic heterocycles. The van der Waals surface area contributed by atoms with Gasteiger partial charge in [-0.2, -0.15) is 0 Å². The number of benzene rings is 2. The molecule has 0 aliphatic rings. The summed E-state index contributed by atoms with van der Waals surface area (Å²) in [7, 11) is 0. The highest BCUT2D eigenvalue weighted by Gasteiger charge is 2.03. The van der Waals surface area contributed by atoms with Gasteiger partial charge in [0, 0.05) is 0 Å². The van der Waals surface area contributed by atoms with E-state index in [-0.39, 0.29) is 5.56 Å². The maximum Gasteiger partial charge on any atom is 0.335 e. The molecule has 0 atom stereocenters. The molecule has 0 heterocycles. The number of carboxylic acids is 1. The fourth-order valence-electron chi connectivity index (χ4n) is 3.48. The van der Waals surface area contributed by atoms with Gasteiger partial charge in [-0.1, -0.05) is 89.0 Å². The summed E-state index contributed by atoms with van der Waals surface area (Å²) in [6.45, 7) is 2.76. The molecule has 0 aliphatic carbocycles. The average molecular weight is 397 g/mol. The van der Waals surface area contributed by atoms with E-state index in [1.165, 1.54) is 69.8 Å². The van der Waals surface area contributed by atoms with E-state index in [0.717, 1.165) is 12.0 Å². The Bertz CT molecular complexity index is 689. The van der Waals surface area contributed by atoms with Crippen LogP contribution in [-0.2, 0) is 13.0 Å². The molecule has 0 radical (unpaired) electrons. The Balaban J connectivity index is 1.57. The third-order valence-corrected chi connectivity index (χ3v) is 5.35. The van der Waals surface area contributed by atoms with E-state index in [4.69, 9.17) is 9.84 Å². The van der Waals surface area contributed by atoms with Crippen LogP contribution in [0.25, 0.3) is 0 Å². The predicted octanol–water partition coefficient (Wildman–Crippen LogP) is 7.43. The molecule has 0 bridgehead atoms. The van der Waals surface area contributed by atoms with Crippen LogP contribution in [0.1, 0.15) is 92.6 Å². The lowest BCUT2D eigenvalue weighted by molar-refractivity contribution is 0.0697. The molecule has 1 N–H and O–H groups in total. The summed E-state index contributed by atoms with van der Waals surface area (Å²) in [5.41, 5.74) is 2.78. The number of hydrogen-bond donors (Lipinski definition) is 1. The van der Waals surface area contributed by atoms with E-state index in [1.807, 2.05) is 0 Å². The van der Waals surface area contributed by atoms with Crippen LogP contribution in [0.4, 0.5) is 0 Å². The Labute approximate surface area is 176 Å². The highest BCUT2D eigenvalue weighted by molar-refractivity contribution is 5.87. The van der Waals surface area contributed by atoms with Crippen LogP contribution in [-0.4, -0.2) is 11.1 Å². The molecule has 0 amide bonds. The van der Waals surface area contributed by atoms with Gasteiger partial charge in [0.05, 0.1) is 5.56 Å². The minimum Gasteiger partial charge on any atom is -0.489 e. The first-order chi connectivity index (χ1) is 14.2. The number of unbranched alkanes of at least 4 members (excludes halogenated alkanes) is 9. The van der Waals surface area contributed by atoms with E-state index in [0.29, 0.717) is 12.4 Å². The Morgan fingerprint density at radius 1 is 0.724 bits per heavy atom. The second kappa shape index (κ2) is 13.8. The summed E-state index contributed by atoms with van der Waals surface area (Å²) in [5, 5.41) is 8.92. The normalized spacial score (nSPS) is 10.8. The van der Waals surface area contributed by atoms with Crippen molar-refractivity contribution in [3.8, 4) is 5.75 Å². The molecule has 2 aromatic rings. The van der Waals surface area contributed by atoms with Crippen molar-refractivity contribution in [3.05, 3.63) is 65.2 Å². The highest BCUT2D eigenvalue weighted by Crippen LogP contribution is 2.16. The number of carboxylic acid groups (broad SMARTS) is 1. The fourth-order valence-corrected chi connectivity index (χ4v) is 3.48. The lowest BCUT2D eigenvalue weighted by Crippen LogP contribution is -1.98. The maximum atomic E-state index is 10.9. The zero-order valence-electron chi connectivity index (χ0n) is 17.9. The van der Waals surface area contributed by atoms with Crippen LogP contribution in [0.2, 0.25) is 0 Å². The summed E-state index contributed by atoms with van der Waals surface area (Å²) >= 11 is 0. The zero-order valence-corrected chi connectivity index (χ0v) is 17.9. The number of ether oxygens (including phenoxy) is 1. The predicted molar refractivity (Wildman–Crippen MR) is 120 cm³/mol. The SMILES string of the molecule is CCCCCCCCCCCCc1ccc(COc2ccc(C(=O)O)cc2)cc1. The Hall–Kier alpha value is -2.29. The summed E-state index contributed by atoms with van der Waals surface area (Å²) in [6.07, 6.45) is 14.8. The Kier molecular flexibility index (Phi) is 11.0. The molecule has 3 nitrogen and oxygen atoms in total. The number of carbonyl (C=O) groups is 1. The van der Waals surface area contributed by atoms with E-state index in [2.05, 4.69) is 31.2 Å². The molecule has 0 saturated heterocycles. The Morgan fingerprint density at radius 3 is 1.79 bits per heavy atom. The van der Waals surface area contributed by atoms with E-state index >= 15 is 0 Å².